The van der Waals surface area contributed by atoms with Crippen LogP contribution < -0.4 is 14.8 Å². The van der Waals surface area contributed by atoms with E-state index in [0.29, 0.717) is 25.5 Å². The van der Waals surface area contributed by atoms with Crippen LogP contribution in [0.2, 0.25) is 0 Å². The predicted molar refractivity (Wildman–Crippen MR) is 141 cm³/mol. The average molecular weight is 491 g/mol. The number of thiophene rings is 1. The van der Waals surface area contributed by atoms with Crippen LogP contribution in [0.4, 0.5) is 11.5 Å². The lowest BCUT2D eigenvalue weighted by Gasteiger charge is -2.25. The monoisotopic (exact) mass is 490 g/mol. The molecule has 1 N–H and O–H groups in total. The molecule has 0 amide bonds. The Morgan fingerprint density at radius 1 is 0.971 bits per heavy atom. The standard InChI is InChI=1S/C27H30N4O3S/c1-3-33-22-11-10-20(16-23(22)34-4-2)28-26-25-21(19-8-6-5-7-9-19)18-35-27(25)30-24(29-26)17-31-12-14-32-15-13-31/h5-11,16,18H,3-4,12-15,17H2,1-2H3,(H,28,29,30). The average Bonchev–Trinajstić information content (AvgIpc) is 3.31. The SMILES string of the molecule is CCOc1ccc(Nc2nc(CN3CCOCC3)nc3scc(-c4ccccc4)c23)cc1OCC. The Labute approximate surface area is 209 Å². The predicted octanol–water partition coefficient (Wildman–Crippen LogP) is 5.73. The summed E-state index contributed by atoms with van der Waals surface area (Å²) in [6, 6.07) is 16.3. The summed E-state index contributed by atoms with van der Waals surface area (Å²) in [5, 5.41) is 6.76. The van der Waals surface area contributed by atoms with E-state index >= 15 is 0 Å². The van der Waals surface area contributed by atoms with E-state index in [4.69, 9.17) is 24.2 Å². The molecule has 35 heavy (non-hydrogen) atoms. The fourth-order valence-corrected chi connectivity index (χ4v) is 5.17. The Bertz CT molecular complexity index is 1270. The van der Waals surface area contributed by atoms with Gasteiger partial charge in [0.05, 0.1) is 38.4 Å². The first-order chi connectivity index (χ1) is 17.2. The number of hydrogen-bond donors (Lipinski definition) is 1. The van der Waals surface area contributed by atoms with Crippen LogP contribution in [-0.2, 0) is 11.3 Å². The zero-order valence-corrected chi connectivity index (χ0v) is 20.9. The molecular formula is C27H30N4O3S. The van der Waals surface area contributed by atoms with Crippen LogP contribution in [0.5, 0.6) is 11.5 Å². The molecule has 1 aliphatic rings. The Morgan fingerprint density at radius 2 is 1.74 bits per heavy atom. The zero-order chi connectivity index (χ0) is 24.0. The highest BCUT2D eigenvalue weighted by molar-refractivity contribution is 7.17. The summed E-state index contributed by atoms with van der Waals surface area (Å²) < 4.78 is 17.1. The smallest absolute Gasteiger partial charge is 0.163 e. The van der Waals surface area contributed by atoms with Crippen molar-refractivity contribution in [2.75, 3.05) is 44.8 Å². The number of rotatable bonds is 9. The van der Waals surface area contributed by atoms with Crippen molar-refractivity contribution in [2.24, 2.45) is 0 Å². The van der Waals surface area contributed by atoms with Crippen molar-refractivity contribution in [1.29, 1.82) is 0 Å². The number of fused-ring (bicyclic) bond motifs is 1. The Hall–Kier alpha value is -3.20. The van der Waals surface area contributed by atoms with Gasteiger partial charge in [-0.15, -0.1) is 11.3 Å². The second-order valence-electron chi connectivity index (χ2n) is 8.23. The summed E-state index contributed by atoms with van der Waals surface area (Å²) in [5.74, 6) is 3.05. The third kappa shape index (κ3) is 5.40. The lowest BCUT2D eigenvalue weighted by atomic mass is 10.1. The number of nitrogens with one attached hydrogen (secondary N) is 1. The van der Waals surface area contributed by atoms with Crippen LogP contribution in [0, 0.1) is 0 Å². The number of benzene rings is 2. The molecule has 0 spiro atoms. The molecule has 4 aromatic rings. The lowest BCUT2D eigenvalue weighted by molar-refractivity contribution is 0.0331. The van der Waals surface area contributed by atoms with Gasteiger partial charge in [-0.25, -0.2) is 9.97 Å². The van der Waals surface area contributed by atoms with Crippen LogP contribution in [0.3, 0.4) is 0 Å². The first-order valence-corrected chi connectivity index (χ1v) is 12.9. The largest absolute Gasteiger partial charge is 0.490 e. The summed E-state index contributed by atoms with van der Waals surface area (Å²) in [6.45, 7) is 9.05. The molecule has 0 unspecified atom stereocenters. The Morgan fingerprint density at radius 3 is 2.51 bits per heavy atom. The number of hydrogen-bond acceptors (Lipinski definition) is 8. The number of anilines is 2. The van der Waals surface area contributed by atoms with Crippen molar-refractivity contribution < 1.29 is 14.2 Å². The van der Waals surface area contributed by atoms with E-state index in [-0.39, 0.29) is 0 Å². The zero-order valence-electron chi connectivity index (χ0n) is 20.1. The van der Waals surface area contributed by atoms with Gasteiger partial charge in [-0.3, -0.25) is 4.90 Å². The van der Waals surface area contributed by atoms with Crippen LogP contribution in [0.25, 0.3) is 21.3 Å². The minimum absolute atomic E-state index is 0.563. The molecule has 0 bridgehead atoms. The summed E-state index contributed by atoms with van der Waals surface area (Å²) in [7, 11) is 0. The van der Waals surface area contributed by atoms with Crippen molar-refractivity contribution in [1.82, 2.24) is 14.9 Å². The van der Waals surface area contributed by atoms with Crippen molar-refractivity contribution in [3.8, 4) is 22.6 Å². The molecule has 2 aromatic heterocycles. The molecule has 5 rings (SSSR count). The minimum Gasteiger partial charge on any atom is -0.490 e. The van der Waals surface area contributed by atoms with Gasteiger partial charge in [0.1, 0.15) is 16.5 Å². The second kappa shape index (κ2) is 11.0. The van der Waals surface area contributed by atoms with E-state index in [1.54, 1.807) is 11.3 Å². The minimum atomic E-state index is 0.563. The van der Waals surface area contributed by atoms with Gasteiger partial charge in [-0.05, 0) is 31.5 Å². The topological polar surface area (TPSA) is 68.7 Å². The first kappa shape index (κ1) is 23.5. The van der Waals surface area contributed by atoms with Crippen LogP contribution >= 0.6 is 11.3 Å². The molecule has 8 heteroatoms. The lowest BCUT2D eigenvalue weighted by Crippen LogP contribution is -2.36. The fraction of sp³-hybridized carbons (Fsp3) is 0.333. The molecule has 1 aliphatic heterocycles. The highest BCUT2D eigenvalue weighted by Gasteiger charge is 2.19. The number of ether oxygens (including phenoxy) is 3. The Balaban J connectivity index is 1.56. The molecule has 0 aliphatic carbocycles. The van der Waals surface area contributed by atoms with Gasteiger partial charge >= 0.3 is 0 Å². The summed E-state index contributed by atoms with van der Waals surface area (Å²) in [4.78, 5) is 13.3. The molecule has 0 saturated carbocycles. The molecule has 0 radical (unpaired) electrons. The summed E-state index contributed by atoms with van der Waals surface area (Å²) in [5.41, 5.74) is 3.16. The third-order valence-electron chi connectivity index (χ3n) is 5.84. The van der Waals surface area contributed by atoms with Gasteiger partial charge in [0.2, 0.25) is 0 Å². The van der Waals surface area contributed by atoms with Crippen molar-refractivity contribution in [3.05, 3.63) is 59.7 Å². The number of nitrogens with zero attached hydrogens (tertiary/aromatic N) is 3. The van der Waals surface area contributed by atoms with Gasteiger partial charge in [0.25, 0.3) is 0 Å². The molecule has 0 atom stereocenters. The molecule has 182 valence electrons. The maximum Gasteiger partial charge on any atom is 0.163 e. The summed E-state index contributed by atoms with van der Waals surface area (Å²) >= 11 is 1.65. The number of aromatic nitrogens is 2. The number of morpholine rings is 1. The van der Waals surface area contributed by atoms with E-state index in [0.717, 1.165) is 70.7 Å². The van der Waals surface area contributed by atoms with E-state index in [2.05, 4.69) is 39.9 Å². The normalized spacial score (nSPS) is 14.2. The van der Waals surface area contributed by atoms with E-state index in [9.17, 15) is 0 Å². The molecule has 1 fully saturated rings. The fourth-order valence-electron chi connectivity index (χ4n) is 4.20. The maximum absolute atomic E-state index is 5.84. The molecule has 1 saturated heterocycles. The highest BCUT2D eigenvalue weighted by atomic mass is 32.1. The van der Waals surface area contributed by atoms with Gasteiger partial charge < -0.3 is 19.5 Å². The van der Waals surface area contributed by atoms with Crippen molar-refractivity contribution in [3.63, 3.8) is 0 Å². The first-order valence-electron chi connectivity index (χ1n) is 12.1. The highest BCUT2D eigenvalue weighted by Crippen LogP contribution is 2.39. The van der Waals surface area contributed by atoms with E-state index < -0.39 is 0 Å². The Kier molecular flexibility index (Phi) is 7.42. The van der Waals surface area contributed by atoms with Gasteiger partial charge in [0.15, 0.2) is 11.5 Å². The maximum atomic E-state index is 5.84. The van der Waals surface area contributed by atoms with E-state index in [1.165, 1.54) is 0 Å². The summed E-state index contributed by atoms with van der Waals surface area (Å²) in [6.07, 6.45) is 0. The molecule has 3 heterocycles. The van der Waals surface area contributed by atoms with Gasteiger partial charge in [-0.1, -0.05) is 30.3 Å². The van der Waals surface area contributed by atoms with Crippen LogP contribution in [-0.4, -0.2) is 54.4 Å². The van der Waals surface area contributed by atoms with E-state index in [1.807, 2.05) is 38.1 Å². The third-order valence-corrected chi connectivity index (χ3v) is 6.71. The van der Waals surface area contributed by atoms with Crippen LogP contribution in [0.1, 0.15) is 19.7 Å². The quantitative estimate of drug-likeness (QED) is 0.321. The van der Waals surface area contributed by atoms with Crippen LogP contribution in [0.15, 0.2) is 53.9 Å². The van der Waals surface area contributed by atoms with Gasteiger partial charge in [0, 0.05) is 35.8 Å². The molecular weight excluding hydrogens is 460 g/mol. The second-order valence-corrected chi connectivity index (χ2v) is 9.08. The van der Waals surface area contributed by atoms with Gasteiger partial charge in [-0.2, -0.15) is 0 Å². The van der Waals surface area contributed by atoms with Crippen molar-refractivity contribution >= 4 is 33.1 Å². The van der Waals surface area contributed by atoms with Crippen molar-refractivity contribution in [2.45, 2.75) is 20.4 Å². The molecule has 7 nitrogen and oxygen atoms in total. The molecule has 2 aromatic carbocycles.